The average Bonchev–Trinajstić information content (AvgIpc) is 2.88. The van der Waals surface area contributed by atoms with Crippen LogP contribution in [-0.2, 0) is 14.3 Å². The van der Waals surface area contributed by atoms with Gasteiger partial charge in [0.25, 0.3) is 0 Å². The molecular weight excluding hydrogens is 468 g/mol. The number of ketones is 1. The number of unbranched alkanes of at least 4 members (excludes halogenated alkanes) is 12. The van der Waals surface area contributed by atoms with Crippen LogP contribution in [0.25, 0.3) is 0 Å². The molecule has 0 aromatic heterocycles. The number of aliphatic hydroxyl groups is 1. The molecule has 6 nitrogen and oxygen atoms in total. The largest absolute Gasteiger partial charge is 0.458 e. The van der Waals surface area contributed by atoms with E-state index in [1.54, 1.807) is 12.1 Å². The topological polar surface area (TPSA) is 89.9 Å². The van der Waals surface area contributed by atoms with Crippen molar-refractivity contribution in [1.29, 1.82) is 0 Å². The summed E-state index contributed by atoms with van der Waals surface area (Å²) in [4.78, 5) is 36.7. The minimum atomic E-state index is -0.889. The van der Waals surface area contributed by atoms with Crippen LogP contribution in [0.5, 0.6) is 0 Å². The van der Waals surface area contributed by atoms with Crippen LogP contribution in [0, 0.1) is 5.41 Å². The molecule has 0 saturated carbocycles. The second-order valence-corrected chi connectivity index (χ2v) is 11.0. The van der Waals surface area contributed by atoms with Crippen molar-refractivity contribution in [2.75, 3.05) is 13.2 Å². The molecule has 0 fully saturated rings. The van der Waals surface area contributed by atoms with Crippen molar-refractivity contribution in [1.82, 2.24) is 0 Å². The second-order valence-electron chi connectivity index (χ2n) is 11.0. The number of aliphatic hydroxyl groups excluding tert-OH is 1. The SMILES string of the molecule is CCCCCCCCCCCCCCCC(=O)OC(CO)COC(=O)c1ccc(C(=O)C(C)(C)C)cc1. The molecule has 37 heavy (non-hydrogen) atoms. The molecule has 0 radical (unpaired) electrons. The van der Waals surface area contributed by atoms with Crippen LogP contribution in [0.1, 0.15) is 138 Å². The molecular formula is C31H50O6. The number of hydrogen-bond donors (Lipinski definition) is 1. The van der Waals surface area contributed by atoms with Crippen LogP contribution in [0.3, 0.4) is 0 Å². The third-order valence-corrected chi connectivity index (χ3v) is 6.45. The van der Waals surface area contributed by atoms with Gasteiger partial charge in [0.05, 0.1) is 12.2 Å². The highest BCUT2D eigenvalue weighted by atomic mass is 16.6. The highest BCUT2D eigenvalue weighted by Crippen LogP contribution is 2.21. The van der Waals surface area contributed by atoms with Crippen molar-refractivity contribution in [3.63, 3.8) is 0 Å². The van der Waals surface area contributed by atoms with Gasteiger partial charge in [-0.05, 0) is 18.6 Å². The molecule has 0 bridgehead atoms. The van der Waals surface area contributed by atoms with Gasteiger partial charge in [-0.3, -0.25) is 9.59 Å². The summed E-state index contributed by atoms with van der Waals surface area (Å²) in [6, 6.07) is 6.28. The van der Waals surface area contributed by atoms with E-state index in [1.165, 1.54) is 76.3 Å². The number of benzene rings is 1. The van der Waals surface area contributed by atoms with Crippen molar-refractivity contribution < 1.29 is 29.0 Å². The second kappa shape index (κ2) is 18.9. The van der Waals surface area contributed by atoms with Gasteiger partial charge in [0.15, 0.2) is 11.9 Å². The van der Waals surface area contributed by atoms with Gasteiger partial charge < -0.3 is 14.6 Å². The molecule has 0 aliphatic carbocycles. The van der Waals surface area contributed by atoms with Crippen molar-refractivity contribution >= 4 is 17.7 Å². The maximum absolute atomic E-state index is 12.3. The van der Waals surface area contributed by atoms with E-state index < -0.39 is 24.1 Å². The Bertz CT molecular complexity index is 778. The summed E-state index contributed by atoms with van der Waals surface area (Å²) in [5.74, 6) is -0.993. The fourth-order valence-corrected chi connectivity index (χ4v) is 4.10. The van der Waals surface area contributed by atoms with Gasteiger partial charge in [0, 0.05) is 17.4 Å². The molecule has 0 aliphatic rings. The van der Waals surface area contributed by atoms with Gasteiger partial charge in [-0.1, -0.05) is 117 Å². The molecule has 0 aliphatic heterocycles. The lowest BCUT2D eigenvalue weighted by Gasteiger charge is -2.17. The van der Waals surface area contributed by atoms with E-state index in [0.29, 0.717) is 17.5 Å². The Hall–Kier alpha value is -2.21. The summed E-state index contributed by atoms with van der Waals surface area (Å²) in [6.07, 6.45) is 15.5. The number of hydrogen-bond acceptors (Lipinski definition) is 6. The quantitative estimate of drug-likeness (QED) is 0.109. The lowest BCUT2D eigenvalue weighted by Crippen LogP contribution is -2.28. The van der Waals surface area contributed by atoms with Gasteiger partial charge in [-0.2, -0.15) is 0 Å². The number of rotatable bonds is 20. The molecule has 1 rings (SSSR count). The third-order valence-electron chi connectivity index (χ3n) is 6.45. The zero-order valence-electron chi connectivity index (χ0n) is 23.7. The van der Waals surface area contributed by atoms with Crippen molar-refractivity contribution in [2.24, 2.45) is 5.41 Å². The Balaban J connectivity index is 2.17. The van der Waals surface area contributed by atoms with Crippen LogP contribution in [-0.4, -0.2) is 42.1 Å². The Morgan fingerprint density at radius 3 is 1.68 bits per heavy atom. The van der Waals surface area contributed by atoms with Gasteiger partial charge in [0.1, 0.15) is 6.61 Å². The predicted molar refractivity (Wildman–Crippen MR) is 148 cm³/mol. The number of Topliss-reactive ketones (excluding diaryl/α,β-unsaturated/α-hetero) is 1. The molecule has 0 amide bonds. The summed E-state index contributed by atoms with van der Waals surface area (Å²) in [5.41, 5.74) is 0.313. The lowest BCUT2D eigenvalue weighted by molar-refractivity contribution is -0.153. The van der Waals surface area contributed by atoms with Gasteiger partial charge >= 0.3 is 11.9 Å². The first-order valence-electron chi connectivity index (χ1n) is 14.3. The van der Waals surface area contributed by atoms with Crippen molar-refractivity contribution in [3.8, 4) is 0 Å². The highest BCUT2D eigenvalue weighted by Gasteiger charge is 2.23. The predicted octanol–water partition coefficient (Wildman–Crippen LogP) is 7.46. The fourth-order valence-electron chi connectivity index (χ4n) is 4.10. The molecule has 1 aromatic rings. The minimum Gasteiger partial charge on any atom is -0.458 e. The van der Waals surface area contributed by atoms with E-state index in [9.17, 15) is 19.5 Å². The molecule has 6 heteroatoms. The van der Waals surface area contributed by atoms with Crippen LogP contribution in [0.15, 0.2) is 24.3 Å². The van der Waals surface area contributed by atoms with E-state index >= 15 is 0 Å². The number of carbonyl (C=O) groups excluding carboxylic acids is 3. The van der Waals surface area contributed by atoms with E-state index in [-0.39, 0.29) is 18.4 Å². The van der Waals surface area contributed by atoms with E-state index in [4.69, 9.17) is 9.47 Å². The fraction of sp³-hybridized carbons (Fsp3) is 0.710. The zero-order chi connectivity index (χ0) is 27.5. The lowest BCUT2D eigenvalue weighted by atomic mass is 9.86. The first kappa shape index (κ1) is 32.8. The van der Waals surface area contributed by atoms with Crippen LogP contribution in [0.2, 0.25) is 0 Å². The molecule has 0 heterocycles. The Kier molecular flexibility index (Phi) is 16.8. The summed E-state index contributed by atoms with van der Waals surface area (Å²) in [6.45, 7) is 7.13. The number of esters is 2. The maximum atomic E-state index is 12.3. The smallest absolute Gasteiger partial charge is 0.338 e. The number of ether oxygens (including phenoxy) is 2. The molecule has 0 saturated heterocycles. The summed E-state index contributed by atoms with van der Waals surface area (Å²) >= 11 is 0. The zero-order valence-corrected chi connectivity index (χ0v) is 23.7. The normalized spacial score (nSPS) is 12.2. The molecule has 210 valence electrons. The third kappa shape index (κ3) is 15.0. The van der Waals surface area contributed by atoms with Crippen LogP contribution < -0.4 is 0 Å². The Morgan fingerprint density at radius 2 is 1.22 bits per heavy atom. The molecule has 0 spiro atoms. The van der Waals surface area contributed by atoms with Gasteiger partial charge in [-0.25, -0.2) is 4.79 Å². The first-order chi connectivity index (χ1) is 17.7. The molecule has 1 atom stereocenters. The number of carbonyl (C=O) groups is 3. The summed E-state index contributed by atoms with van der Waals surface area (Å²) in [5, 5.41) is 9.51. The summed E-state index contributed by atoms with van der Waals surface area (Å²) < 4.78 is 10.5. The monoisotopic (exact) mass is 518 g/mol. The molecule has 1 aromatic carbocycles. The van der Waals surface area contributed by atoms with Crippen LogP contribution >= 0.6 is 0 Å². The molecule has 1 N–H and O–H groups in total. The van der Waals surface area contributed by atoms with Gasteiger partial charge in [0.2, 0.25) is 0 Å². The molecule has 1 unspecified atom stereocenters. The maximum Gasteiger partial charge on any atom is 0.338 e. The Morgan fingerprint density at radius 1 is 0.757 bits per heavy atom. The summed E-state index contributed by atoms with van der Waals surface area (Å²) in [7, 11) is 0. The highest BCUT2D eigenvalue weighted by molar-refractivity contribution is 6.00. The van der Waals surface area contributed by atoms with Crippen LogP contribution in [0.4, 0.5) is 0 Å². The average molecular weight is 519 g/mol. The Labute approximate surface area is 224 Å². The van der Waals surface area contributed by atoms with E-state index in [1.807, 2.05) is 20.8 Å². The standard InChI is InChI=1S/C31H50O6/c1-5-6-7-8-9-10-11-12-13-14-15-16-17-18-28(33)37-27(23-32)24-36-30(35)26-21-19-25(20-22-26)29(34)31(2,3)4/h19-22,27,32H,5-18,23-24H2,1-4H3. The minimum absolute atomic E-state index is 0.0110. The van der Waals surface area contributed by atoms with E-state index in [2.05, 4.69) is 6.92 Å². The van der Waals surface area contributed by atoms with Gasteiger partial charge in [-0.15, -0.1) is 0 Å². The van der Waals surface area contributed by atoms with E-state index in [0.717, 1.165) is 19.3 Å². The first-order valence-corrected chi connectivity index (χ1v) is 14.3. The van der Waals surface area contributed by atoms with Crippen molar-refractivity contribution in [2.45, 2.75) is 124 Å². The van der Waals surface area contributed by atoms with Crippen molar-refractivity contribution in [3.05, 3.63) is 35.4 Å².